The van der Waals surface area contributed by atoms with Crippen molar-refractivity contribution in [3.63, 3.8) is 0 Å². The molecular weight excluding hydrogens is 432 g/mol. The Morgan fingerprint density at radius 1 is 1.29 bits per heavy atom. The standard InChI is InChI=1S/C22H28N4O3S2/c1-13-8-14(2)12-25(11-13)19-16(15(3)17(10-23)20(27)24(19)4)9-18-21(28)26(6-7-29-5)22(30)31-18/h9,13-14H,6-8,11-12H2,1-5H3/b18-9-. The van der Waals surface area contributed by atoms with Gasteiger partial charge in [0, 0.05) is 32.8 Å². The Labute approximate surface area is 192 Å². The van der Waals surface area contributed by atoms with Crippen molar-refractivity contribution in [2.45, 2.75) is 27.2 Å². The normalized spacial score (nSPS) is 23.0. The maximum Gasteiger partial charge on any atom is 0.270 e. The van der Waals surface area contributed by atoms with Crippen molar-refractivity contribution in [1.82, 2.24) is 9.47 Å². The quantitative estimate of drug-likeness (QED) is 0.494. The molecule has 1 aromatic heterocycles. The molecule has 0 saturated carbocycles. The summed E-state index contributed by atoms with van der Waals surface area (Å²) in [4.78, 5) is 30.1. The molecule has 2 aliphatic heterocycles. The number of aromatic nitrogens is 1. The molecule has 2 fully saturated rings. The van der Waals surface area contributed by atoms with Crippen LogP contribution in [0.2, 0.25) is 0 Å². The van der Waals surface area contributed by atoms with E-state index in [0.717, 1.165) is 30.9 Å². The van der Waals surface area contributed by atoms with Gasteiger partial charge in [0.15, 0.2) is 0 Å². The van der Waals surface area contributed by atoms with Gasteiger partial charge in [0.05, 0.1) is 18.1 Å². The zero-order valence-electron chi connectivity index (χ0n) is 18.6. The van der Waals surface area contributed by atoms with E-state index in [1.54, 1.807) is 31.7 Å². The number of rotatable bonds is 5. The Balaban J connectivity index is 2.15. The van der Waals surface area contributed by atoms with Crippen molar-refractivity contribution < 1.29 is 9.53 Å². The molecule has 9 heteroatoms. The first-order valence-corrected chi connectivity index (χ1v) is 11.5. The van der Waals surface area contributed by atoms with Crippen LogP contribution in [-0.2, 0) is 16.6 Å². The molecule has 3 heterocycles. The number of hydrogen-bond acceptors (Lipinski definition) is 7. The fourth-order valence-electron chi connectivity index (χ4n) is 4.44. The Hall–Kier alpha value is -2.15. The minimum Gasteiger partial charge on any atom is -0.383 e. The van der Waals surface area contributed by atoms with Gasteiger partial charge in [-0.05, 0) is 36.8 Å². The highest BCUT2D eigenvalue weighted by Gasteiger charge is 2.33. The first-order chi connectivity index (χ1) is 14.7. The molecule has 2 atom stereocenters. The summed E-state index contributed by atoms with van der Waals surface area (Å²) in [5.74, 6) is 1.54. The summed E-state index contributed by atoms with van der Waals surface area (Å²) in [6.45, 7) is 8.61. The predicted molar refractivity (Wildman–Crippen MR) is 128 cm³/mol. The maximum atomic E-state index is 13.0. The minimum absolute atomic E-state index is 0.102. The van der Waals surface area contributed by atoms with Crippen LogP contribution in [0.1, 0.15) is 37.0 Å². The molecule has 31 heavy (non-hydrogen) atoms. The van der Waals surface area contributed by atoms with Gasteiger partial charge in [-0.2, -0.15) is 5.26 Å². The molecule has 2 unspecified atom stereocenters. The second kappa shape index (κ2) is 9.55. The van der Waals surface area contributed by atoms with Gasteiger partial charge >= 0.3 is 0 Å². The smallest absolute Gasteiger partial charge is 0.270 e. The van der Waals surface area contributed by atoms with Gasteiger partial charge in [-0.25, -0.2) is 0 Å². The number of nitriles is 1. The van der Waals surface area contributed by atoms with Crippen LogP contribution in [0.5, 0.6) is 0 Å². The van der Waals surface area contributed by atoms with E-state index < -0.39 is 0 Å². The lowest BCUT2D eigenvalue weighted by Crippen LogP contribution is -2.42. The van der Waals surface area contributed by atoms with E-state index in [9.17, 15) is 14.9 Å². The molecule has 2 saturated heterocycles. The van der Waals surface area contributed by atoms with E-state index in [-0.39, 0.29) is 17.0 Å². The monoisotopic (exact) mass is 460 g/mol. The van der Waals surface area contributed by atoms with Gasteiger partial charge in [-0.1, -0.05) is 37.8 Å². The SMILES string of the molecule is COCCN1C(=O)/C(=C/c2c(C)c(C#N)c(=O)n(C)c2N2CC(C)CC(C)C2)SC1=S. The molecule has 3 rings (SSSR count). The van der Waals surface area contributed by atoms with Gasteiger partial charge in [0.1, 0.15) is 21.8 Å². The Morgan fingerprint density at radius 2 is 1.94 bits per heavy atom. The predicted octanol–water partition coefficient (Wildman–Crippen LogP) is 2.90. The molecule has 166 valence electrons. The van der Waals surface area contributed by atoms with Crippen molar-refractivity contribution in [3.05, 3.63) is 31.9 Å². The molecule has 0 spiro atoms. The van der Waals surface area contributed by atoms with Crippen LogP contribution in [0, 0.1) is 30.1 Å². The Kier molecular flexibility index (Phi) is 7.24. The average molecular weight is 461 g/mol. The number of piperidine rings is 1. The third-order valence-electron chi connectivity index (χ3n) is 5.80. The highest BCUT2D eigenvalue weighted by atomic mass is 32.2. The van der Waals surface area contributed by atoms with E-state index in [4.69, 9.17) is 17.0 Å². The summed E-state index contributed by atoms with van der Waals surface area (Å²) in [5, 5.41) is 9.61. The number of carbonyl (C=O) groups is 1. The summed E-state index contributed by atoms with van der Waals surface area (Å²) >= 11 is 6.64. The lowest BCUT2D eigenvalue weighted by atomic mass is 9.91. The molecular formula is C22H28N4O3S2. The number of hydrogen-bond donors (Lipinski definition) is 0. The number of thiocarbonyl (C=S) groups is 1. The molecule has 0 aromatic carbocycles. The van der Waals surface area contributed by atoms with E-state index in [1.165, 1.54) is 16.7 Å². The van der Waals surface area contributed by atoms with E-state index in [2.05, 4.69) is 18.7 Å². The van der Waals surface area contributed by atoms with Gasteiger partial charge < -0.3 is 9.64 Å². The number of nitrogens with zero attached hydrogens (tertiary/aromatic N) is 4. The molecule has 7 nitrogen and oxygen atoms in total. The van der Waals surface area contributed by atoms with Gasteiger partial charge in [0.2, 0.25) is 0 Å². The summed E-state index contributed by atoms with van der Waals surface area (Å²) < 4.78 is 7.12. The van der Waals surface area contributed by atoms with Crippen molar-refractivity contribution >= 4 is 46.1 Å². The van der Waals surface area contributed by atoms with Gasteiger partial charge in [-0.3, -0.25) is 19.1 Å². The van der Waals surface area contributed by atoms with Crippen molar-refractivity contribution in [3.8, 4) is 6.07 Å². The summed E-state index contributed by atoms with van der Waals surface area (Å²) in [7, 11) is 3.28. The zero-order valence-corrected chi connectivity index (χ0v) is 20.2. The first kappa shape index (κ1) is 23.5. The van der Waals surface area contributed by atoms with Gasteiger partial charge in [0.25, 0.3) is 11.5 Å². The highest BCUT2D eigenvalue weighted by molar-refractivity contribution is 8.26. The van der Waals surface area contributed by atoms with Crippen LogP contribution in [0.4, 0.5) is 5.82 Å². The zero-order chi connectivity index (χ0) is 22.9. The van der Waals surface area contributed by atoms with E-state index in [1.807, 2.05) is 6.07 Å². The molecule has 0 aliphatic carbocycles. The largest absolute Gasteiger partial charge is 0.383 e. The molecule has 1 amide bonds. The number of pyridine rings is 1. The number of thioether (sulfide) groups is 1. The lowest BCUT2D eigenvalue weighted by Gasteiger charge is -2.38. The van der Waals surface area contributed by atoms with Crippen LogP contribution < -0.4 is 10.5 Å². The molecule has 0 radical (unpaired) electrons. The number of amides is 1. The van der Waals surface area contributed by atoms with Gasteiger partial charge in [-0.15, -0.1) is 0 Å². The number of ether oxygens (including phenoxy) is 1. The Bertz CT molecular complexity index is 1030. The summed E-state index contributed by atoms with van der Waals surface area (Å²) in [6.07, 6.45) is 2.92. The average Bonchev–Trinajstić information content (AvgIpc) is 2.97. The van der Waals surface area contributed by atoms with Crippen LogP contribution >= 0.6 is 24.0 Å². The first-order valence-electron chi connectivity index (χ1n) is 10.3. The summed E-state index contributed by atoms with van der Waals surface area (Å²) in [5.41, 5.74) is 1.11. The Morgan fingerprint density at radius 3 is 2.52 bits per heavy atom. The third kappa shape index (κ3) is 4.56. The van der Waals surface area contributed by atoms with Crippen LogP contribution in [-0.4, -0.2) is 53.0 Å². The summed E-state index contributed by atoms with van der Waals surface area (Å²) in [6, 6.07) is 2.05. The lowest BCUT2D eigenvalue weighted by molar-refractivity contribution is -0.122. The number of methoxy groups -OCH3 is 1. The van der Waals surface area contributed by atoms with Crippen molar-refractivity contribution in [2.24, 2.45) is 18.9 Å². The molecule has 0 N–H and O–H groups in total. The molecule has 2 aliphatic rings. The maximum absolute atomic E-state index is 13.0. The van der Waals surface area contributed by atoms with Crippen LogP contribution in [0.15, 0.2) is 9.70 Å². The topological polar surface area (TPSA) is 78.6 Å². The molecule has 0 bridgehead atoms. The highest BCUT2D eigenvalue weighted by Crippen LogP contribution is 2.36. The van der Waals surface area contributed by atoms with Crippen LogP contribution in [0.25, 0.3) is 6.08 Å². The number of carbonyl (C=O) groups excluding carboxylic acids is 1. The van der Waals surface area contributed by atoms with E-state index in [0.29, 0.717) is 39.8 Å². The van der Waals surface area contributed by atoms with Crippen molar-refractivity contribution in [2.75, 3.05) is 38.3 Å². The fourth-order valence-corrected chi connectivity index (χ4v) is 5.73. The number of anilines is 1. The second-order valence-corrected chi connectivity index (χ2v) is 10.1. The molecule has 1 aromatic rings. The van der Waals surface area contributed by atoms with Crippen LogP contribution in [0.3, 0.4) is 0 Å². The van der Waals surface area contributed by atoms with E-state index >= 15 is 0 Å². The second-order valence-electron chi connectivity index (χ2n) is 8.39. The van der Waals surface area contributed by atoms with Crippen molar-refractivity contribution in [1.29, 1.82) is 5.26 Å². The third-order valence-corrected chi connectivity index (χ3v) is 7.18. The fraction of sp³-hybridized carbons (Fsp3) is 0.545. The minimum atomic E-state index is -0.314.